The largest absolute Gasteiger partial charge is 0.480 e. The minimum absolute atomic E-state index is 0.00388. The van der Waals surface area contributed by atoms with Crippen molar-refractivity contribution in [2.24, 2.45) is 16.6 Å². The molecule has 0 spiro atoms. The summed E-state index contributed by atoms with van der Waals surface area (Å²) in [6.45, 7) is 15.1. The summed E-state index contributed by atoms with van der Waals surface area (Å²) in [6, 6.07) is 3.21. The van der Waals surface area contributed by atoms with Crippen molar-refractivity contribution >= 4 is 23.9 Å². The van der Waals surface area contributed by atoms with Crippen molar-refractivity contribution in [2.45, 2.75) is 118 Å². The summed E-state index contributed by atoms with van der Waals surface area (Å²) < 4.78 is 16.7. The molecule has 0 aromatic heterocycles. The maximum atomic E-state index is 12.7. The Morgan fingerprint density at radius 3 is 1.90 bits per heavy atom. The molecule has 0 saturated carbocycles. The summed E-state index contributed by atoms with van der Waals surface area (Å²) in [5.74, 6) is -3.33. The minimum Gasteiger partial charge on any atom is -0.480 e. The van der Waals surface area contributed by atoms with Crippen LogP contribution < -0.4 is 15.2 Å². The third-order valence-corrected chi connectivity index (χ3v) is 5.81. The lowest BCUT2D eigenvalue weighted by Crippen LogP contribution is -2.38. The van der Waals surface area contributed by atoms with Crippen LogP contribution in [0.4, 0.5) is 0 Å². The van der Waals surface area contributed by atoms with Gasteiger partial charge < -0.3 is 25.1 Å². The fraction of sp³-hybridized carbons (Fsp3) is 0.667. The van der Waals surface area contributed by atoms with Gasteiger partial charge in [-0.05, 0) is 48.3 Å². The Kier molecular flexibility index (Phi) is 13.1. The van der Waals surface area contributed by atoms with E-state index in [1.165, 1.54) is 12.1 Å². The number of carbonyl (C=O) groups is 4. The number of carboxylic acids is 1. The molecule has 0 heterocycles. The van der Waals surface area contributed by atoms with Crippen molar-refractivity contribution in [1.29, 1.82) is 0 Å². The molecule has 0 fully saturated rings. The van der Waals surface area contributed by atoms with Gasteiger partial charge in [0.05, 0.1) is 18.9 Å². The zero-order valence-corrected chi connectivity index (χ0v) is 24.8. The molecule has 3 N–H and O–H groups in total. The van der Waals surface area contributed by atoms with E-state index in [0.29, 0.717) is 5.56 Å². The Morgan fingerprint density at radius 1 is 0.872 bits per heavy atom. The molecule has 0 aliphatic rings. The third-order valence-electron chi connectivity index (χ3n) is 5.81. The number of benzene rings is 1. The van der Waals surface area contributed by atoms with E-state index >= 15 is 0 Å². The van der Waals surface area contributed by atoms with Crippen molar-refractivity contribution in [3.63, 3.8) is 0 Å². The second kappa shape index (κ2) is 15.0. The van der Waals surface area contributed by atoms with Crippen molar-refractivity contribution in [3.8, 4) is 11.5 Å². The number of nitrogens with two attached hydrogens (primary N) is 1. The molecule has 39 heavy (non-hydrogen) atoms. The highest BCUT2D eigenvalue weighted by molar-refractivity contribution is 5.78. The van der Waals surface area contributed by atoms with Gasteiger partial charge in [0.2, 0.25) is 0 Å². The molecular formula is C30H47NO8. The van der Waals surface area contributed by atoms with E-state index in [2.05, 4.69) is 0 Å². The topological polar surface area (TPSA) is 142 Å². The van der Waals surface area contributed by atoms with Gasteiger partial charge in [-0.25, -0.2) is 0 Å². The average molecular weight is 550 g/mol. The number of rotatable bonds is 14. The lowest BCUT2D eigenvalue weighted by molar-refractivity contribution is -0.149. The van der Waals surface area contributed by atoms with Crippen LogP contribution in [0.1, 0.15) is 112 Å². The molecule has 0 aliphatic carbocycles. The summed E-state index contributed by atoms with van der Waals surface area (Å²) in [7, 11) is 0. The molecule has 1 aromatic rings. The number of aliphatic carboxylic acids is 1. The van der Waals surface area contributed by atoms with Gasteiger partial charge in [0.25, 0.3) is 0 Å². The van der Waals surface area contributed by atoms with Crippen LogP contribution in [-0.4, -0.2) is 41.1 Å². The van der Waals surface area contributed by atoms with Gasteiger partial charge in [-0.2, -0.15) is 0 Å². The molecule has 0 amide bonds. The number of carbonyl (C=O) groups excluding carboxylic acids is 3. The second-order valence-corrected chi connectivity index (χ2v) is 12.6. The number of ether oxygens (including phenoxy) is 3. The highest BCUT2D eigenvalue weighted by Gasteiger charge is 2.30. The first kappa shape index (κ1) is 34.1. The fourth-order valence-corrected chi connectivity index (χ4v) is 3.97. The van der Waals surface area contributed by atoms with E-state index in [1.807, 2.05) is 48.5 Å². The highest BCUT2D eigenvalue weighted by atomic mass is 16.6. The summed E-state index contributed by atoms with van der Waals surface area (Å²) in [5.41, 5.74) is 5.85. The summed E-state index contributed by atoms with van der Waals surface area (Å²) in [4.78, 5) is 49.3. The summed E-state index contributed by atoms with van der Waals surface area (Å²) in [5, 5.41) is 9.69. The van der Waals surface area contributed by atoms with Crippen LogP contribution in [-0.2, 0) is 23.9 Å². The van der Waals surface area contributed by atoms with Crippen LogP contribution in [0, 0.1) is 10.8 Å². The molecule has 9 heteroatoms. The van der Waals surface area contributed by atoms with Gasteiger partial charge in [-0.15, -0.1) is 0 Å². The zero-order valence-electron chi connectivity index (χ0n) is 24.8. The predicted molar refractivity (Wildman–Crippen MR) is 149 cm³/mol. The van der Waals surface area contributed by atoms with Crippen LogP contribution in [0.25, 0.3) is 0 Å². The number of hydrogen-bond donors (Lipinski definition) is 2. The first-order valence-electron chi connectivity index (χ1n) is 13.6. The first-order valence-corrected chi connectivity index (χ1v) is 13.6. The molecular weight excluding hydrogens is 502 g/mol. The van der Waals surface area contributed by atoms with Gasteiger partial charge in [-0.3, -0.25) is 19.2 Å². The minimum atomic E-state index is -1.32. The Morgan fingerprint density at radius 2 is 1.41 bits per heavy atom. The Balaban J connectivity index is 3.32. The van der Waals surface area contributed by atoms with Gasteiger partial charge in [0.1, 0.15) is 6.04 Å². The number of hydrogen-bond acceptors (Lipinski definition) is 8. The van der Waals surface area contributed by atoms with Crippen molar-refractivity contribution in [1.82, 2.24) is 0 Å². The Labute approximate surface area is 232 Å². The standard InChI is InChI=1S/C30H47NO8/c1-9-10-11-12-24(32)37-19(2)15-21(27(31)28(35)36)20-13-14-22(38-25(33)17-29(3,4)5)23(16-20)39-26(34)18-30(6,7)8/h13-14,16,19,21,27H,9-12,15,17-18,31H2,1-8H3,(H,35,36)/t19?,21?,27-/m0/s1. The van der Waals surface area contributed by atoms with Crippen LogP contribution in [0.15, 0.2) is 18.2 Å². The van der Waals surface area contributed by atoms with Crippen LogP contribution in [0.5, 0.6) is 11.5 Å². The van der Waals surface area contributed by atoms with Crippen molar-refractivity contribution in [3.05, 3.63) is 23.8 Å². The second-order valence-electron chi connectivity index (χ2n) is 12.6. The average Bonchev–Trinajstić information content (AvgIpc) is 2.75. The van der Waals surface area contributed by atoms with Crippen LogP contribution in [0.3, 0.4) is 0 Å². The van der Waals surface area contributed by atoms with E-state index in [-0.39, 0.29) is 54.0 Å². The van der Waals surface area contributed by atoms with Crippen molar-refractivity contribution < 1.29 is 38.5 Å². The van der Waals surface area contributed by atoms with Crippen LogP contribution >= 0.6 is 0 Å². The predicted octanol–water partition coefficient (Wildman–Crippen LogP) is 5.77. The van der Waals surface area contributed by atoms with E-state index < -0.39 is 36.0 Å². The maximum Gasteiger partial charge on any atom is 0.321 e. The molecule has 1 aromatic carbocycles. The van der Waals surface area contributed by atoms with Gasteiger partial charge >= 0.3 is 23.9 Å². The molecule has 3 atom stereocenters. The maximum absolute atomic E-state index is 12.7. The lowest BCUT2D eigenvalue weighted by atomic mass is 9.87. The van der Waals surface area contributed by atoms with Crippen LogP contribution in [0.2, 0.25) is 0 Å². The molecule has 0 radical (unpaired) electrons. The molecule has 0 bridgehead atoms. The molecule has 9 nitrogen and oxygen atoms in total. The van der Waals surface area contributed by atoms with Gasteiger partial charge in [-0.1, -0.05) is 67.4 Å². The van der Waals surface area contributed by atoms with E-state index in [4.69, 9.17) is 19.9 Å². The Hall–Kier alpha value is -2.94. The quantitative estimate of drug-likeness (QED) is 0.168. The smallest absolute Gasteiger partial charge is 0.321 e. The SMILES string of the molecule is CCCCCC(=O)OC(C)CC(c1ccc(OC(=O)CC(C)(C)C)c(OC(=O)CC(C)(C)C)c1)[C@H](N)C(=O)O. The summed E-state index contributed by atoms with van der Waals surface area (Å²) >= 11 is 0. The number of unbranched alkanes of at least 4 members (excludes halogenated alkanes) is 2. The first-order chi connectivity index (χ1) is 17.9. The third kappa shape index (κ3) is 13.6. The number of esters is 3. The normalized spacial score (nSPS) is 14.2. The van der Waals surface area contributed by atoms with Crippen molar-refractivity contribution in [2.75, 3.05) is 0 Å². The number of carboxylic acid groups (broad SMARTS) is 1. The molecule has 220 valence electrons. The monoisotopic (exact) mass is 549 g/mol. The highest BCUT2D eigenvalue weighted by Crippen LogP contribution is 2.36. The molecule has 1 rings (SSSR count). The van der Waals surface area contributed by atoms with E-state index in [9.17, 15) is 24.3 Å². The zero-order chi connectivity index (χ0) is 30.0. The molecule has 0 saturated heterocycles. The lowest BCUT2D eigenvalue weighted by Gasteiger charge is -2.26. The van der Waals surface area contributed by atoms with Gasteiger partial charge in [0, 0.05) is 12.3 Å². The Bertz CT molecular complexity index is 990. The molecule has 0 aliphatic heterocycles. The fourth-order valence-electron chi connectivity index (χ4n) is 3.97. The van der Waals surface area contributed by atoms with E-state index in [1.54, 1.807) is 13.0 Å². The molecule has 2 unspecified atom stereocenters. The van der Waals surface area contributed by atoms with E-state index in [0.717, 1.165) is 19.3 Å². The summed E-state index contributed by atoms with van der Waals surface area (Å²) in [6.07, 6.45) is 2.67. The van der Waals surface area contributed by atoms with Gasteiger partial charge in [0.15, 0.2) is 11.5 Å².